The molecular weight excluding hydrogens is 1020 g/mol. The number of likely N-dealkylation sites (tertiary alicyclic amines) is 1. The maximum Gasteiger partial charge on any atom is 0.318 e. The zero-order valence-corrected chi connectivity index (χ0v) is 46.3. The Morgan fingerprint density at radius 1 is 0.731 bits per heavy atom. The van der Waals surface area contributed by atoms with Crippen LogP contribution in [0.3, 0.4) is 0 Å². The van der Waals surface area contributed by atoms with Crippen molar-refractivity contribution in [3.8, 4) is 6.01 Å². The number of carbonyl (C=O) groups excluding carboxylic acids is 6. The predicted octanol–water partition coefficient (Wildman–Crippen LogP) is 3.49. The highest BCUT2D eigenvalue weighted by Gasteiger charge is 2.80. The summed E-state index contributed by atoms with van der Waals surface area (Å²) in [6.07, 6.45) is 7.33. The number of hydrogen-bond acceptors (Lipinski definition) is 16. The van der Waals surface area contributed by atoms with Gasteiger partial charge in [0.2, 0.25) is 29.5 Å². The third-order valence-corrected chi connectivity index (χ3v) is 18.1. The van der Waals surface area contributed by atoms with Crippen LogP contribution < -0.4 is 37.1 Å². The molecule has 0 bridgehead atoms. The minimum absolute atomic E-state index is 0.0818. The second-order valence-electron chi connectivity index (χ2n) is 21.6. The zero-order chi connectivity index (χ0) is 54.8. The van der Waals surface area contributed by atoms with Gasteiger partial charge in [-0.15, -0.1) is 11.8 Å². The number of amides is 7. The second kappa shape index (κ2) is 29.9. The first-order valence-corrected chi connectivity index (χ1v) is 29.5. The van der Waals surface area contributed by atoms with E-state index in [1.807, 2.05) is 31.2 Å². The number of rotatable bonds is 38. The number of anilines is 1. The molecule has 6 aliphatic rings. The lowest BCUT2D eigenvalue weighted by molar-refractivity contribution is -0.386. The van der Waals surface area contributed by atoms with Gasteiger partial charge in [-0.05, 0) is 121 Å². The van der Waals surface area contributed by atoms with E-state index in [1.165, 1.54) is 23.9 Å². The average molecular weight is 1110 g/mol. The van der Waals surface area contributed by atoms with Gasteiger partial charge in [0.25, 0.3) is 0 Å². The van der Waals surface area contributed by atoms with Gasteiger partial charge in [0.1, 0.15) is 18.5 Å². The lowest BCUT2D eigenvalue weighted by atomic mass is 9.19. The van der Waals surface area contributed by atoms with Crippen LogP contribution >= 0.6 is 11.8 Å². The van der Waals surface area contributed by atoms with Crippen LogP contribution in [-0.2, 0) is 60.8 Å². The van der Waals surface area contributed by atoms with Crippen LogP contribution in [0, 0.1) is 59.2 Å². The van der Waals surface area contributed by atoms with Gasteiger partial charge in [-0.1, -0.05) is 37.6 Å². The highest BCUT2D eigenvalue weighted by molar-refractivity contribution is 8.00. The number of nitrogen functional groups attached to an aromatic ring is 1. The van der Waals surface area contributed by atoms with Crippen molar-refractivity contribution in [2.24, 2.45) is 59.2 Å². The third-order valence-electron chi connectivity index (χ3n) is 16.9. The normalized spacial score (nSPS) is 26.2. The van der Waals surface area contributed by atoms with E-state index in [0.717, 1.165) is 82.5 Å². The van der Waals surface area contributed by atoms with E-state index in [4.69, 9.17) is 34.2 Å². The minimum atomic E-state index is -1.11. The summed E-state index contributed by atoms with van der Waals surface area (Å²) in [5.74, 6) is 9.68. The van der Waals surface area contributed by atoms with E-state index >= 15 is 0 Å². The molecule has 2 aromatic rings. The first-order chi connectivity index (χ1) is 38.0. The van der Waals surface area contributed by atoms with E-state index in [0.29, 0.717) is 91.0 Å². The first-order valence-electron chi connectivity index (χ1n) is 28.5. The maximum absolute atomic E-state index is 13.3. The predicted molar refractivity (Wildman–Crippen MR) is 290 cm³/mol. The molecule has 12 atom stereocenters. The maximum atomic E-state index is 13.3. The fraction of sp³-hybridized carbons (Fsp3) is 0.714. The van der Waals surface area contributed by atoms with Crippen LogP contribution in [0.2, 0.25) is 0 Å². The van der Waals surface area contributed by atoms with E-state index in [-0.39, 0.29) is 93.8 Å². The Labute approximate surface area is 462 Å². The van der Waals surface area contributed by atoms with Crippen LogP contribution in [0.25, 0.3) is 0 Å². The quantitative estimate of drug-likeness (QED) is 0.0319. The number of thioether (sulfide) groups is 1. The Hall–Kier alpha value is -5.13. The summed E-state index contributed by atoms with van der Waals surface area (Å²) in [6, 6.07) is 7.94. The standard InChI is InChI=1S/C56H83N9O12S/c1-3-72-22-23-73-19-15-58-45(67)31-41(53(69)59-16-20-74-24-26-76-27-25-75-21-17-60-55(71)62-33-36-8-10-37(11-9-36)34-77-56-61-14-12-43(57)64-56)63-44(66)7-5-4-6-18-65-46(68)32-42(54(65)70)78-28-13-38-30-40-48(38)52-49-39-29-35(2)47(39)51(49)50(40)52/h8-12,14,35,38-42,47-52H,3-7,13,15-34H2,1-2H3,(H,58,67)(H,59,69)(H,63,66)(H2,57,61,64)(H2,60,62,71). The summed E-state index contributed by atoms with van der Waals surface area (Å²) < 4.78 is 33.0. The lowest BCUT2D eigenvalue weighted by Gasteiger charge is -2.86. The highest BCUT2D eigenvalue weighted by atomic mass is 32.2. The number of nitrogens with two attached hydrogens (primary N) is 1. The van der Waals surface area contributed by atoms with Crippen molar-refractivity contribution in [3.63, 3.8) is 0 Å². The van der Waals surface area contributed by atoms with E-state index in [1.54, 1.807) is 17.8 Å². The monoisotopic (exact) mass is 1110 g/mol. The zero-order valence-electron chi connectivity index (χ0n) is 45.5. The Morgan fingerprint density at radius 3 is 2.09 bits per heavy atom. The molecule has 430 valence electrons. The fourth-order valence-corrected chi connectivity index (χ4v) is 14.4. The number of nitrogens with one attached hydrogen (secondary N) is 5. The molecule has 7 amide bonds. The molecule has 5 saturated carbocycles. The summed E-state index contributed by atoms with van der Waals surface area (Å²) in [4.78, 5) is 87.0. The summed E-state index contributed by atoms with van der Waals surface area (Å²) in [5.41, 5.74) is 7.49. The van der Waals surface area contributed by atoms with Crippen LogP contribution in [0.5, 0.6) is 6.01 Å². The van der Waals surface area contributed by atoms with Gasteiger partial charge in [0.05, 0.1) is 71.1 Å². The van der Waals surface area contributed by atoms with Crippen molar-refractivity contribution in [3.05, 3.63) is 47.7 Å². The summed E-state index contributed by atoms with van der Waals surface area (Å²) in [7, 11) is 0. The fourth-order valence-electron chi connectivity index (χ4n) is 13.1. The SMILES string of the molecule is CCOCCOCCNC(=O)CC(NC(=O)CCCCCN1C(=O)CC(SCCC2CC3C2C2C4C5CC(C)C5C4C32)C1=O)C(=O)NCCOCCOCCOCCNC(=O)NCc1ccc(COc2nccc(N)n2)cc1. The Morgan fingerprint density at radius 2 is 1.38 bits per heavy atom. The van der Waals surface area contributed by atoms with E-state index in [2.05, 4.69) is 43.5 Å². The molecule has 2 heterocycles. The van der Waals surface area contributed by atoms with Crippen LogP contribution in [0.4, 0.5) is 10.6 Å². The molecule has 5 aliphatic carbocycles. The molecule has 78 heavy (non-hydrogen) atoms. The van der Waals surface area contributed by atoms with Gasteiger partial charge >= 0.3 is 12.0 Å². The largest absolute Gasteiger partial charge is 0.459 e. The molecule has 8 rings (SSSR count). The number of ether oxygens (including phenoxy) is 6. The number of urea groups is 1. The molecule has 12 unspecified atom stereocenters. The van der Waals surface area contributed by atoms with E-state index < -0.39 is 17.9 Å². The molecule has 0 radical (unpaired) electrons. The number of hydrogen-bond donors (Lipinski definition) is 6. The minimum Gasteiger partial charge on any atom is -0.459 e. The van der Waals surface area contributed by atoms with Crippen molar-refractivity contribution in [2.75, 3.05) is 104 Å². The van der Waals surface area contributed by atoms with Gasteiger partial charge < -0.3 is 60.7 Å². The topological polar surface area (TPSA) is 273 Å². The molecule has 1 aromatic heterocycles. The number of carbonyl (C=O) groups is 6. The van der Waals surface area contributed by atoms with Crippen molar-refractivity contribution < 1.29 is 57.2 Å². The molecule has 6 fully saturated rings. The van der Waals surface area contributed by atoms with Gasteiger partial charge in [0.15, 0.2) is 0 Å². The Kier molecular flexibility index (Phi) is 22.6. The van der Waals surface area contributed by atoms with Crippen molar-refractivity contribution in [1.82, 2.24) is 41.5 Å². The number of fused-ring (bicyclic) bond motifs is 10. The molecule has 22 heteroatoms. The number of imide groups is 1. The van der Waals surface area contributed by atoms with Crippen LogP contribution in [0.15, 0.2) is 36.5 Å². The molecule has 21 nitrogen and oxygen atoms in total. The Balaban J connectivity index is 0.628. The van der Waals surface area contributed by atoms with Gasteiger partial charge in [0, 0.05) is 58.4 Å². The van der Waals surface area contributed by atoms with E-state index in [9.17, 15) is 28.8 Å². The molecule has 1 aliphatic heterocycles. The van der Waals surface area contributed by atoms with Crippen molar-refractivity contribution in [2.45, 2.75) is 96.1 Å². The van der Waals surface area contributed by atoms with Crippen LogP contribution in [-0.4, -0.2) is 160 Å². The molecular formula is C56H83N9O12S. The number of aromatic nitrogens is 2. The number of unbranched alkanes of at least 4 members (excludes halogenated alkanes) is 2. The highest BCUT2D eigenvalue weighted by Crippen LogP contribution is 2.85. The smallest absolute Gasteiger partial charge is 0.318 e. The van der Waals surface area contributed by atoms with Crippen LogP contribution in [0.1, 0.15) is 82.8 Å². The lowest BCUT2D eigenvalue weighted by Crippen LogP contribution is -2.82. The molecule has 1 aromatic carbocycles. The first kappa shape index (κ1) is 59.0. The molecule has 7 N–H and O–H groups in total. The summed E-state index contributed by atoms with van der Waals surface area (Å²) in [5, 5.41) is 13.5. The molecule has 1 saturated heterocycles. The number of benzene rings is 1. The second-order valence-corrected chi connectivity index (χ2v) is 22.9. The average Bonchev–Trinajstić information content (AvgIpc) is 2.30. The van der Waals surface area contributed by atoms with Crippen molar-refractivity contribution in [1.29, 1.82) is 0 Å². The van der Waals surface area contributed by atoms with Gasteiger partial charge in [-0.2, -0.15) is 4.98 Å². The number of nitrogens with zero attached hydrogens (tertiary/aromatic N) is 3. The third kappa shape index (κ3) is 15.8. The van der Waals surface area contributed by atoms with Crippen molar-refractivity contribution >= 4 is 53.1 Å². The molecule has 0 spiro atoms. The van der Waals surface area contributed by atoms with Gasteiger partial charge in [-0.3, -0.25) is 28.9 Å². The Bertz CT molecular complexity index is 2300. The summed E-state index contributed by atoms with van der Waals surface area (Å²) in [6.45, 7) is 9.39. The van der Waals surface area contributed by atoms with Gasteiger partial charge in [-0.25, -0.2) is 9.78 Å². The summed E-state index contributed by atoms with van der Waals surface area (Å²) >= 11 is 1.67.